The third-order valence-corrected chi connectivity index (χ3v) is 4.33. The lowest BCUT2D eigenvalue weighted by Crippen LogP contribution is -2.46. The Labute approximate surface area is 123 Å². The fourth-order valence-electron chi connectivity index (χ4n) is 1.73. The summed E-state index contributed by atoms with van der Waals surface area (Å²) in [6.07, 6.45) is 0. The predicted molar refractivity (Wildman–Crippen MR) is 77.0 cm³/mol. The molecule has 2 rings (SSSR count). The zero-order chi connectivity index (χ0) is 13.8. The molecule has 1 atom stereocenters. The van der Waals surface area contributed by atoms with Crippen LogP contribution in [0.25, 0.3) is 0 Å². The van der Waals surface area contributed by atoms with Crippen molar-refractivity contribution in [1.29, 1.82) is 0 Å². The van der Waals surface area contributed by atoms with Crippen LogP contribution in [0.2, 0.25) is 0 Å². The Morgan fingerprint density at radius 3 is 2.74 bits per heavy atom. The predicted octanol–water partition coefficient (Wildman–Crippen LogP) is 2.12. The van der Waals surface area contributed by atoms with Gasteiger partial charge in [-0.2, -0.15) is 0 Å². The molecular weight excluding hydrogens is 332 g/mol. The summed E-state index contributed by atoms with van der Waals surface area (Å²) in [5.41, 5.74) is 0.968. The van der Waals surface area contributed by atoms with Crippen molar-refractivity contribution in [3.05, 3.63) is 34.3 Å². The van der Waals surface area contributed by atoms with Crippen LogP contribution in [0.4, 0.5) is 4.79 Å². The van der Waals surface area contributed by atoms with Gasteiger partial charge in [-0.3, -0.25) is 0 Å². The molecule has 1 heterocycles. The van der Waals surface area contributed by atoms with Crippen LogP contribution in [0.5, 0.6) is 0 Å². The number of amides is 2. The van der Waals surface area contributed by atoms with E-state index in [1.54, 1.807) is 0 Å². The quantitative estimate of drug-likeness (QED) is 0.881. The number of hydrogen-bond acceptors (Lipinski definition) is 3. The van der Waals surface area contributed by atoms with Crippen LogP contribution < -0.4 is 5.32 Å². The molecule has 5 nitrogen and oxygen atoms in total. The Hall–Kier alpha value is -1.21. The first-order chi connectivity index (χ1) is 9.08. The Kier molecular flexibility index (Phi) is 4.71. The van der Waals surface area contributed by atoms with E-state index in [-0.39, 0.29) is 6.03 Å². The van der Waals surface area contributed by atoms with Gasteiger partial charge < -0.3 is 15.3 Å². The minimum absolute atomic E-state index is 0.333. The van der Waals surface area contributed by atoms with Gasteiger partial charge in [0, 0.05) is 16.8 Å². The summed E-state index contributed by atoms with van der Waals surface area (Å²) < 4.78 is 0.976. The van der Waals surface area contributed by atoms with Crippen molar-refractivity contribution in [2.75, 3.05) is 11.6 Å². The van der Waals surface area contributed by atoms with Crippen LogP contribution >= 0.6 is 27.7 Å². The zero-order valence-corrected chi connectivity index (χ0v) is 12.4. The van der Waals surface area contributed by atoms with Gasteiger partial charge in [0.15, 0.2) is 0 Å². The number of carbonyl (C=O) groups excluding carboxylic acids is 1. The van der Waals surface area contributed by atoms with Gasteiger partial charge in [-0.15, -0.1) is 11.8 Å². The number of thioether (sulfide) groups is 1. The molecule has 1 aliphatic heterocycles. The largest absolute Gasteiger partial charge is 0.480 e. The molecule has 0 spiro atoms. The first-order valence-electron chi connectivity index (χ1n) is 5.67. The number of carbonyl (C=O) groups is 2. The molecule has 1 saturated heterocycles. The number of nitrogens with zero attached hydrogens (tertiary/aromatic N) is 1. The van der Waals surface area contributed by atoms with Crippen LogP contribution in [0.3, 0.4) is 0 Å². The third-order valence-electron chi connectivity index (χ3n) is 2.79. The number of carboxylic acid groups (broad SMARTS) is 1. The zero-order valence-electron chi connectivity index (χ0n) is 10.0. The smallest absolute Gasteiger partial charge is 0.327 e. The van der Waals surface area contributed by atoms with Gasteiger partial charge in [0.25, 0.3) is 0 Å². The first-order valence-corrected chi connectivity index (χ1v) is 7.62. The van der Waals surface area contributed by atoms with E-state index in [2.05, 4.69) is 21.2 Å². The van der Waals surface area contributed by atoms with Crippen molar-refractivity contribution >= 4 is 39.7 Å². The first kappa shape index (κ1) is 14.2. The Morgan fingerprint density at radius 1 is 1.42 bits per heavy atom. The molecule has 0 radical (unpaired) electrons. The summed E-state index contributed by atoms with van der Waals surface area (Å²) >= 11 is 4.79. The number of nitrogens with one attached hydrogen (secondary N) is 1. The average molecular weight is 345 g/mol. The second-order valence-electron chi connectivity index (χ2n) is 4.11. The van der Waals surface area contributed by atoms with Crippen LogP contribution in [0, 0.1) is 0 Å². The highest BCUT2D eigenvalue weighted by molar-refractivity contribution is 9.10. The van der Waals surface area contributed by atoms with E-state index in [9.17, 15) is 9.59 Å². The number of hydrogen-bond donors (Lipinski definition) is 2. The maximum atomic E-state index is 11.9. The van der Waals surface area contributed by atoms with Crippen LogP contribution in [-0.2, 0) is 11.3 Å². The monoisotopic (exact) mass is 344 g/mol. The Balaban J connectivity index is 1.90. The number of rotatable bonds is 3. The van der Waals surface area contributed by atoms with E-state index in [1.807, 2.05) is 24.3 Å². The van der Waals surface area contributed by atoms with E-state index in [1.165, 1.54) is 16.7 Å². The molecule has 1 aromatic rings. The van der Waals surface area contributed by atoms with Gasteiger partial charge in [0.05, 0.1) is 5.88 Å². The highest BCUT2D eigenvalue weighted by atomic mass is 79.9. The number of carboxylic acids is 1. The minimum Gasteiger partial charge on any atom is -0.480 e. The average Bonchev–Trinajstić information content (AvgIpc) is 2.87. The summed E-state index contributed by atoms with van der Waals surface area (Å²) in [6.45, 7) is 0.389. The standard InChI is InChI=1S/C12H13BrN2O3S/c13-9-3-1-8(2-4-9)5-14-12(18)15-7-19-6-10(15)11(16)17/h1-4,10H,5-7H2,(H,14,18)(H,16,17)/t10-/m0/s1. The number of halogens is 1. The summed E-state index contributed by atoms with van der Waals surface area (Å²) in [7, 11) is 0. The molecule has 0 aliphatic carbocycles. The van der Waals surface area contributed by atoms with Crippen molar-refractivity contribution in [1.82, 2.24) is 10.2 Å². The molecule has 1 fully saturated rings. The Bertz CT molecular complexity index is 480. The highest BCUT2D eigenvalue weighted by Crippen LogP contribution is 2.21. The molecule has 7 heteroatoms. The van der Waals surface area contributed by atoms with Gasteiger partial charge in [0.1, 0.15) is 6.04 Å². The summed E-state index contributed by atoms with van der Waals surface area (Å²) in [5, 5.41) is 11.7. The van der Waals surface area contributed by atoms with Gasteiger partial charge >= 0.3 is 12.0 Å². The molecule has 1 aliphatic rings. The fraction of sp³-hybridized carbons (Fsp3) is 0.333. The molecule has 19 heavy (non-hydrogen) atoms. The van der Waals surface area contributed by atoms with E-state index in [4.69, 9.17) is 5.11 Å². The van der Waals surface area contributed by atoms with Crippen LogP contribution in [-0.4, -0.2) is 39.7 Å². The van der Waals surface area contributed by atoms with E-state index >= 15 is 0 Å². The minimum atomic E-state index is -0.955. The molecule has 2 N–H and O–H groups in total. The number of benzene rings is 1. The lowest BCUT2D eigenvalue weighted by Gasteiger charge is -2.20. The van der Waals surface area contributed by atoms with Gasteiger partial charge in [-0.1, -0.05) is 28.1 Å². The number of urea groups is 1. The van der Waals surface area contributed by atoms with Crippen molar-refractivity contribution in [3.8, 4) is 0 Å². The molecule has 102 valence electrons. The molecule has 2 amide bonds. The Morgan fingerprint density at radius 2 is 2.11 bits per heavy atom. The lowest BCUT2D eigenvalue weighted by molar-refractivity contribution is -0.140. The van der Waals surface area contributed by atoms with E-state index in [0.717, 1.165) is 10.0 Å². The van der Waals surface area contributed by atoms with Gasteiger partial charge in [-0.25, -0.2) is 9.59 Å². The maximum Gasteiger partial charge on any atom is 0.327 e. The topological polar surface area (TPSA) is 69.6 Å². The van der Waals surface area contributed by atoms with Crippen molar-refractivity contribution in [2.45, 2.75) is 12.6 Å². The lowest BCUT2D eigenvalue weighted by atomic mass is 10.2. The van der Waals surface area contributed by atoms with Crippen molar-refractivity contribution < 1.29 is 14.7 Å². The summed E-state index contributed by atoms with van der Waals surface area (Å²) in [4.78, 5) is 24.3. The normalized spacial score (nSPS) is 18.4. The van der Waals surface area contributed by atoms with Crippen LogP contribution in [0.15, 0.2) is 28.7 Å². The van der Waals surface area contributed by atoms with Crippen LogP contribution in [0.1, 0.15) is 5.56 Å². The van der Waals surface area contributed by atoms with E-state index in [0.29, 0.717) is 18.2 Å². The molecular formula is C12H13BrN2O3S. The van der Waals surface area contributed by atoms with Crippen molar-refractivity contribution in [3.63, 3.8) is 0 Å². The maximum absolute atomic E-state index is 11.9. The molecule has 1 aromatic carbocycles. The SMILES string of the molecule is O=C(O)[C@@H]1CSCN1C(=O)NCc1ccc(Br)cc1. The number of aliphatic carboxylic acids is 1. The van der Waals surface area contributed by atoms with Crippen molar-refractivity contribution in [2.24, 2.45) is 0 Å². The molecule has 0 bridgehead atoms. The molecule has 0 unspecified atom stereocenters. The highest BCUT2D eigenvalue weighted by Gasteiger charge is 2.34. The van der Waals surface area contributed by atoms with Gasteiger partial charge in [0.2, 0.25) is 0 Å². The van der Waals surface area contributed by atoms with E-state index < -0.39 is 12.0 Å². The molecule has 0 saturated carbocycles. The second-order valence-corrected chi connectivity index (χ2v) is 6.02. The fourth-order valence-corrected chi connectivity index (χ4v) is 3.14. The summed E-state index contributed by atoms with van der Waals surface area (Å²) in [6, 6.07) is 6.53. The summed E-state index contributed by atoms with van der Waals surface area (Å²) in [5.74, 6) is -0.0896. The third kappa shape index (κ3) is 3.63. The second kappa shape index (κ2) is 6.29. The molecule has 0 aromatic heterocycles. The van der Waals surface area contributed by atoms with Gasteiger partial charge in [-0.05, 0) is 17.7 Å².